The Labute approximate surface area is 106 Å². The molecule has 0 unspecified atom stereocenters. The smallest absolute Gasteiger partial charge is 0.233 e. The molecule has 5 nitrogen and oxygen atoms in total. The minimum atomic E-state index is -0.540. The molecule has 6 heteroatoms. The topological polar surface area (TPSA) is 80.9 Å². The van der Waals surface area contributed by atoms with Crippen LogP contribution in [0.5, 0.6) is 0 Å². The molecule has 0 aliphatic carbocycles. The lowest BCUT2D eigenvalue weighted by Crippen LogP contribution is -2.41. The van der Waals surface area contributed by atoms with Gasteiger partial charge in [-0.15, -0.1) is 10.2 Å². The molecule has 1 aromatic heterocycles. The summed E-state index contributed by atoms with van der Waals surface area (Å²) in [6.45, 7) is 4.21. The number of rotatable bonds is 5. The van der Waals surface area contributed by atoms with E-state index in [0.29, 0.717) is 30.4 Å². The Kier molecular flexibility index (Phi) is 4.84. The normalized spacial score (nSPS) is 11.3. The van der Waals surface area contributed by atoms with Crippen LogP contribution in [-0.2, 0) is 4.79 Å². The van der Waals surface area contributed by atoms with Crippen LogP contribution in [0.15, 0.2) is 12.1 Å². The number of nitrogens with zero attached hydrogens (tertiary/aromatic N) is 2. The Bertz CT molecular complexity index is 367. The SMILES string of the molecule is CCC(CC)(CN)C(=O)Nc1ccc(Cl)nn1. The molecule has 1 heterocycles. The molecule has 1 amide bonds. The zero-order chi connectivity index (χ0) is 12.9. The zero-order valence-electron chi connectivity index (χ0n) is 10.0. The summed E-state index contributed by atoms with van der Waals surface area (Å²) in [5.74, 6) is 0.265. The lowest BCUT2D eigenvalue weighted by atomic mass is 9.81. The van der Waals surface area contributed by atoms with Gasteiger partial charge in [0.05, 0.1) is 5.41 Å². The molecule has 94 valence electrons. The minimum absolute atomic E-state index is 0.123. The maximum Gasteiger partial charge on any atom is 0.233 e. The highest BCUT2D eigenvalue weighted by molar-refractivity contribution is 6.29. The minimum Gasteiger partial charge on any atom is -0.329 e. The van der Waals surface area contributed by atoms with E-state index in [9.17, 15) is 4.79 Å². The third-order valence-electron chi connectivity index (χ3n) is 3.10. The lowest BCUT2D eigenvalue weighted by Gasteiger charge is -2.28. The Morgan fingerprint density at radius 3 is 2.47 bits per heavy atom. The maximum absolute atomic E-state index is 12.1. The molecular formula is C11H17ClN4O. The first-order valence-corrected chi connectivity index (χ1v) is 5.96. The van der Waals surface area contributed by atoms with Crippen molar-refractivity contribution in [1.29, 1.82) is 0 Å². The first-order chi connectivity index (χ1) is 8.07. The van der Waals surface area contributed by atoms with Crippen molar-refractivity contribution in [3.05, 3.63) is 17.3 Å². The highest BCUT2D eigenvalue weighted by Crippen LogP contribution is 2.26. The van der Waals surface area contributed by atoms with Crippen LogP contribution in [0.1, 0.15) is 26.7 Å². The van der Waals surface area contributed by atoms with Gasteiger partial charge in [0.1, 0.15) is 0 Å². The standard InChI is InChI=1S/C11H17ClN4O/c1-3-11(4-2,7-13)10(17)14-9-6-5-8(12)15-16-9/h5-6H,3-4,7,13H2,1-2H3,(H,14,16,17). The van der Waals surface area contributed by atoms with Gasteiger partial charge in [0.25, 0.3) is 0 Å². The predicted molar refractivity (Wildman–Crippen MR) is 67.7 cm³/mol. The van der Waals surface area contributed by atoms with Crippen LogP contribution < -0.4 is 11.1 Å². The van der Waals surface area contributed by atoms with Crippen LogP contribution in [-0.4, -0.2) is 22.6 Å². The Hall–Kier alpha value is -1.20. The summed E-state index contributed by atoms with van der Waals surface area (Å²) in [5, 5.41) is 10.4. The number of hydrogen-bond acceptors (Lipinski definition) is 4. The van der Waals surface area contributed by atoms with Crippen LogP contribution in [0.2, 0.25) is 5.15 Å². The van der Waals surface area contributed by atoms with E-state index < -0.39 is 5.41 Å². The Morgan fingerprint density at radius 1 is 1.41 bits per heavy atom. The van der Waals surface area contributed by atoms with Crippen molar-refractivity contribution in [2.75, 3.05) is 11.9 Å². The molecule has 0 radical (unpaired) electrons. The summed E-state index contributed by atoms with van der Waals surface area (Å²) in [5.41, 5.74) is 5.15. The average molecular weight is 257 g/mol. The maximum atomic E-state index is 12.1. The molecule has 0 aliphatic rings. The van der Waals surface area contributed by atoms with Gasteiger partial charge in [0.15, 0.2) is 11.0 Å². The number of nitrogens with two attached hydrogens (primary N) is 1. The van der Waals surface area contributed by atoms with Gasteiger partial charge in [-0.25, -0.2) is 0 Å². The summed E-state index contributed by atoms with van der Waals surface area (Å²) < 4.78 is 0. The molecule has 0 aromatic carbocycles. The average Bonchev–Trinajstić information content (AvgIpc) is 2.35. The monoisotopic (exact) mass is 256 g/mol. The zero-order valence-corrected chi connectivity index (χ0v) is 10.8. The number of anilines is 1. The molecule has 0 spiro atoms. The number of amides is 1. The van der Waals surface area contributed by atoms with Crippen molar-refractivity contribution in [2.45, 2.75) is 26.7 Å². The number of aromatic nitrogens is 2. The molecule has 0 bridgehead atoms. The molecule has 0 fully saturated rings. The van der Waals surface area contributed by atoms with Gasteiger partial charge >= 0.3 is 0 Å². The van der Waals surface area contributed by atoms with E-state index in [0.717, 1.165) is 0 Å². The second kappa shape index (κ2) is 5.93. The number of halogens is 1. The number of hydrogen-bond donors (Lipinski definition) is 2. The third kappa shape index (κ3) is 3.14. The second-order valence-electron chi connectivity index (χ2n) is 3.89. The van der Waals surface area contributed by atoms with Crippen LogP contribution in [0.3, 0.4) is 0 Å². The van der Waals surface area contributed by atoms with Gasteiger partial charge in [-0.2, -0.15) is 0 Å². The van der Waals surface area contributed by atoms with Gasteiger partial charge in [0.2, 0.25) is 5.91 Å². The quantitative estimate of drug-likeness (QED) is 0.842. The van der Waals surface area contributed by atoms with Gasteiger partial charge in [-0.3, -0.25) is 4.79 Å². The first kappa shape index (κ1) is 13.9. The van der Waals surface area contributed by atoms with E-state index in [1.54, 1.807) is 12.1 Å². The highest BCUT2D eigenvalue weighted by atomic mass is 35.5. The largest absolute Gasteiger partial charge is 0.329 e. The number of nitrogens with one attached hydrogen (secondary N) is 1. The fourth-order valence-electron chi connectivity index (χ4n) is 1.58. The Morgan fingerprint density at radius 2 is 2.06 bits per heavy atom. The van der Waals surface area contributed by atoms with Crippen LogP contribution in [0.25, 0.3) is 0 Å². The van der Waals surface area contributed by atoms with Crippen molar-refractivity contribution in [2.24, 2.45) is 11.1 Å². The molecule has 0 aliphatic heterocycles. The van der Waals surface area contributed by atoms with Crippen molar-refractivity contribution < 1.29 is 4.79 Å². The molecule has 0 saturated heterocycles. The predicted octanol–water partition coefficient (Wildman–Crippen LogP) is 1.83. The fraction of sp³-hybridized carbons (Fsp3) is 0.545. The molecular weight excluding hydrogens is 240 g/mol. The van der Waals surface area contributed by atoms with E-state index >= 15 is 0 Å². The molecule has 0 atom stereocenters. The molecule has 1 aromatic rings. The van der Waals surface area contributed by atoms with E-state index in [-0.39, 0.29) is 5.91 Å². The summed E-state index contributed by atoms with van der Waals surface area (Å²) in [7, 11) is 0. The van der Waals surface area contributed by atoms with E-state index in [2.05, 4.69) is 15.5 Å². The van der Waals surface area contributed by atoms with E-state index in [4.69, 9.17) is 17.3 Å². The molecule has 3 N–H and O–H groups in total. The fourth-order valence-corrected chi connectivity index (χ4v) is 1.68. The van der Waals surface area contributed by atoms with Gasteiger partial charge < -0.3 is 11.1 Å². The summed E-state index contributed by atoms with van der Waals surface area (Å²) >= 11 is 5.61. The van der Waals surface area contributed by atoms with Crippen molar-refractivity contribution in [1.82, 2.24) is 10.2 Å². The molecule has 17 heavy (non-hydrogen) atoms. The van der Waals surface area contributed by atoms with Crippen molar-refractivity contribution in [3.8, 4) is 0 Å². The number of carbonyl (C=O) groups excluding carboxylic acids is 1. The summed E-state index contributed by atoms with van der Waals surface area (Å²) in [6, 6.07) is 3.19. The third-order valence-corrected chi connectivity index (χ3v) is 3.30. The number of carbonyl (C=O) groups is 1. The van der Waals surface area contributed by atoms with Gasteiger partial charge in [-0.1, -0.05) is 25.4 Å². The van der Waals surface area contributed by atoms with Gasteiger partial charge in [-0.05, 0) is 25.0 Å². The van der Waals surface area contributed by atoms with Crippen LogP contribution >= 0.6 is 11.6 Å². The van der Waals surface area contributed by atoms with Crippen molar-refractivity contribution in [3.63, 3.8) is 0 Å². The lowest BCUT2D eigenvalue weighted by molar-refractivity contribution is -0.125. The van der Waals surface area contributed by atoms with Crippen molar-refractivity contribution >= 4 is 23.3 Å². The summed E-state index contributed by atoms with van der Waals surface area (Å²) in [6.07, 6.45) is 1.37. The van der Waals surface area contributed by atoms with E-state index in [1.165, 1.54) is 0 Å². The van der Waals surface area contributed by atoms with Gasteiger partial charge in [0, 0.05) is 6.54 Å². The molecule has 0 saturated carbocycles. The van der Waals surface area contributed by atoms with E-state index in [1.807, 2.05) is 13.8 Å². The highest BCUT2D eigenvalue weighted by Gasteiger charge is 2.33. The molecule has 1 rings (SSSR count). The second-order valence-corrected chi connectivity index (χ2v) is 4.27. The van der Waals surface area contributed by atoms with Crippen LogP contribution in [0, 0.1) is 5.41 Å². The first-order valence-electron chi connectivity index (χ1n) is 5.58. The summed E-state index contributed by atoms with van der Waals surface area (Å²) in [4.78, 5) is 12.1. The van der Waals surface area contributed by atoms with Crippen LogP contribution in [0.4, 0.5) is 5.82 Å². The Balaban J connectivity index is 2.80.